The monoisotopic (exact) mass is 759 g/mol. The van der Waals surface area contributed by atoms with Crippen molar-refractivity contribution >= 4 is 22.5 Å². The van der Waals surface area contributed by atoms with Gasteiger partial charge in [-0.15, -0.1) is 0 Å². The minimum Gasteiger partial charge on any atom is -0.500 e. The van der Waals surface area contributed by atoms with Crippen LogP contribution in [0.4, 0.5) is 74.6 Å². The summed E-state index contributed by atoms with van der Waals surface area (Å²) in [5.41, 5.74) is -2.17. The second kappa shape index (κ2) is 12.2. The van der Waals surface area contributed by atoms with E-state index in [4.69, 9.17) is 9.47 Å². The highest BCUT2D eigenvalue weighted by molar-refractivity contribution is 7.86. The molecule has 1 heterocycles. The van der Waals surface area contributed by atoms with Gasteiger partial charge in [0.25, 0.3) is 0 Å². The summed E-state index contributed by atoms with van der Waals surface area (Å²) < 4.78 is 255. The van der Waals surface area contributed by atoms with Crippen molar-refractivity contribution in [3.05, 3.63) is 23.7 Å². The first-order chi connectivity index (χ1) is 21.2. The average Bonchev–Trinajstić information content (AvgIpc) is 3.24. The molecule has 0 aromatic rings. The topological polar surface area (TPSA) is 72.9 Å². The summed E-state index contributed by atoms with van der Waals surface area (Å²) in [6.07, 6.45) is -9.44. The van der Waals surface area contributed by atoms with Crippen molar-refractivity contribution in [2.75, 3.05) is 26.5 Å². The van der Waals surface area contributed by atoms with Crippen LogP contribution >= 0.6 is 0 Å². The smallest absolute Gasteiger partial charge is 0.460 e. The van der Waals surface area contributed by atoms with Crippen LogP contribution < -0.4 is 0 Å². The standard InChI is InChI=1S/C24H22F17NO5S/c1-10(2)42-9-16(12(46-3)7-11(43)8-13(16)47-4)14(15(42)44)48(45)6-5-17(25,26)18(27,28)19(29,30)20(31,32)21(33,34)22(35,36)23(37,38)24(39,40)41/h7-8,10,14H,5-6,9H2,1-4H3. The van der Waals surface area contributed by atoms with Crippen molar-refractivity contribution in [1.29, 1.82) is 0 Å². The molecule has 1 amide bonds. The highest BCUT2D eigenvalue weighted by Gasteiger charge is 2.95. The van der Waals surface area contributed by atoms with Gasteiger partial charge in [-0.25, -0.2) is 0 Å². The molecule has 48 heavy (non-hydrogen) atoms. The minimum absolute atomic E-state index is 0.510. The number of amides is 1. The number of likely N-dealkylation sites (tertiary alicyclic amines) is 1. The summed E-state index contributed by atoms with van der Waals surface area (Å²) in [5.74, 6) is -62.9. The molecule has 1 saturated heterocycles. The van der Waals surface area contributed by atoms with Gasteiger partial charge in [0, 0.05) is 47.7 Å². The summed E-state index contributed by atoms with van der Waals surface area (Å²) >= 11 is 0. The predicted octanol–water partition coefficient (Wildman–Crippen LogP) is 6.38. The second-order valence-electron chi connectivity index (χ2n) is 10.7. The van der Waals surface area contributed by atoms with Crippen molar-refractivity contribution in [3.63, 3.8) is 0 Å². The molecule has 1 aliphatic carbocycles. The summed E-state index contributed by atoms with van der Waals surface area (Å²) in [4.78, 5) is 26.3. The maximum absolute atomic E-state index is 14.6. The molecule has 1 fully saturated rings. The van der Waals surface area contributed by atoms with Gasteiger partial charge in [-0.3, -0.25) is 13.8 Å². The third-order valence-electron chi connectivity index (χ3n) is 7.53. The normalized spacial score (nSPS) is 21.1. The molecule has 0 radical (unpaired) electrons. The first kappa shape index (κ1) is 41.4. The highest BCUT2D eigenvalue weighted by Crippen LogP contribution is 2.64. The summed E-state index contributed by atoms with van der Waals surface area (Å²) in [6, 6.07) is -0.818. The molecule has 24 heteroatoms. The highest BCUT2D eigenvalue weighted by atomic mass is 32.2. The quantitative estimate of drug-likeness (QED) is 0.204. The second-order valence-corrected chi connectivity index (χ2v) is 12.4. The number of rotatable bonds is 13. The molecule has 2 rings (SSSR count). The summed E-state index contributed by atoms with van der Waals surface area (Å²) in [5, 5.41) is -2.25. The first-order valence-corrected chi connectivity index (χ1v) is 14.1. The first-order valence-electron chi connectivity index (χ1n) is 12.7. The van der Waals surface area contributed by atoms with E-state index in [0.717, 1.165) is 19.1 Å². The third-order valence-corrected chi connectivity index (χ3v) is 9.27. The molecule has 0 bridgehead atoms. The number of ketones is 1. The number of hydrogen-bond donors (Lipinski definition) is 0. The van der Waals surface area contributed by atoms with Crippen LogP contribution in [0.1, 0.15) is 20.3 Å². The molecule has 2 atom stereocenters. The Balaban J connectivity index is 2.57. The molecule has 1 spiro atoms. The zero-order valence-electron chi connectivity index (χ0n) is 24.3. The van der Waals surface area contributed by atoms with Gasteiger partial charge in [-0.2, -0.15) is 74.6 Å². The van der Waals surface area contributed by atoms with Crippen LogP contribution in [-0.4, -0.2) is 106 Å². The molecule has 0 aromatic carbocycles. The van der Waals surface area contributed by atoms with Gasteiger partial charge in [0.15, 0.2) is 5.78 Å². The van der Waals surface area contributed by atoms with Gasteiger partial charge in [-0.05, 0) is 13.8 Å². The Hall–Kier alpha value is -2.82. The van der Waals surface area contributed by atoms with Crippen LogP contribution in [0.2, 0.25) is 0 Å². The van der Waals surface area contributed by atoms with Gasteiger partial charge >= 0.3 is 47.6 Å². The van der Waals surface area contributed by atoms with Gasteiger partial charge in [0.1, 0.15) is 22.2 Å². The van der Waals surface area contributed by atoms with Gasteiger partial charge in [-0.1, -0.05) is 0 Å². The number of allylic oxidation sites excluding steroid dienone is 2. The van der Waals surface area contributed by atoms with Crippen LogP contribution in [0.3, 0.4) is 0 Å². The third kappa shape index (κ3) is 5.59. The van der Waals surface area contributed by atoms with Crippen molar-refractivity contribution in [2.45, 2.75) is 79.2 Å². The van der Waals surface area contributed by atoms with Crippen LogP contribution in [0.15, 0.2) is 23.7 Å². The van der Waals surface area contributed by atoms with E-state index in [9.17, 15) is 88.4 Å². The summed E-state index contributed by atoms with van der Waals surface area (Å²) in [7, 11) is -1.51. The van der Waals surface area contributed by atoms with E-state index in [1.165, 1.54) is 13.8 Å². The fourth-order valence-corrected chi connectivity index (χ4v) is 6.65. The van der Waals surface area contributed by atoms with E-state index >= 15 is 0 Å². The van der Waals surface area contributed by atoms with Crippen molar-refractivity contribution in [3.8, 4) is 0 Å². The van der Waals surface area contributed by atoms with Crippen LogP contribution in [0, 0.1) is 5.41 Å². The minimum atomic E-state index is -8.78. The Morgan fingerprint density at radius 1 is 0.729 bits per heavy atom. The molecule has 0 saturated carbocycles. The van der Waals surface area contributed by atoms with E-state index in [1.54, 1.807) is 0 Å². The Labute approximate surface area is 260 Å². The molecule has 1 aliphatic heterocycles. The van der Waals surface area contributed by atoms with E-state index in [0.29, 0.717) is 12.2 Å². The van der Waals surface area contributed by atoms with Crippen molar-refractivity contribution < 1.29 is 97.9 Å². The van der Waals surface area contributed by atoms with E-state index in [2.05, 4.69) is 0 Å². The Morgan fingerprint density at radius 3 is 1.46 bits per heavy atom. The molecule has 278 valence electrons. The molecule has 2 aliphatic rings. The lowest BCUT2D eigenvalue weighted by Gasteiger charge is -2.42. The van der Waals surface area contributed by atoms with Crippen LogP contribution in [0.25, 0.3) is 0 Å². The average molecular weight is 759 g/mol. The fraction of sp³-hybridized carbons (Fsp3) is 0.750. The zero-order valence-corrected chi connectivity index (χ0v) is 25.1. The van der Waals surface area contributed by atoms with Gasteiger partial charge in [0.05, 0.1) is 14.2 Å². The summed E-state index contributed by atoms with van der Waals surface area (Å²) in [6.45, 7) is 2.12. The lowest BCUT2D eigenvalue weighted by atomic mass is 9.78. The number of methoxy groups -OCH3 is 2. The molecular formula is C24H22F17NO5S. The number of alkyl halides is 17. The fourth-order valence-electron chi connectivity index (χ4n) is 4.84. The SMILES string of the molecule is COC1=CC(=O)C=C(OC)C12CN(C(C)C)C(=O)C2S(=O)CCC(F)(F)C(F)(F)C(F)(F)C(F)(F)C(F)(F)C(F)(F)C(F)(F)C(F)(F)F. The number of hydrogen-bond acceptors (Lipinski definition) is 5. The van der Waals surface area contributed by atoms with Crippen LogP contribution in [0.5, 0.6) is 0 Å². The lowest BCUT2D eigenvalue weighted by molar-refractivity contribution is -0.461. The molecular weight excluding hydrogens is 737 g/mol. The molecule has 0 aromatic heterocycles. The predicted molar refractivity (Wildman–Crippen MR) is 127 cm³/mol. The Kier molecular flexibility index (Phi) is 10.5. The van der Waals surface area contributed by atoms with Gasteiger partial charge < -0.3 is 14.4 Å². The zero-order chi connectivity index (χ0) is 38.1. The number of carbonyl (C=O) groups excluding carboxylic acids is 2. The largest absolute Gasteiger partial charge is 0.500 e. The Bertz CT molecular complexity index is 1350. The van der Waals surface area contributed by atoms with E-state index in [1.807, 2.05) is 0 Å². The molecule has 0 N–H and O–H groups in total. The number of ether oxygens (including phenoxy) is 2. The van der Waals surface area contributed by atoms with Crippen molar-refractivity contribution in [2.24, 2.45) is 5.41 Å². The van der Waals surface area contributed by atoms with Crippen molar-refractivity contribution in [1.82, 2.24) is 4.90 Å². The van der Waals surface area contributed by atoms with E-state index < -0.39 is 117 Å². The van der Waals surface area contributed by atoms with E-state index in [-0.39, 0.29) is 0 Å². The number of halogens is 17. The molecule has 6 nitrogen and oxygen atoms in total. The Morgan fingerprint density at radius 2 is 1.10 bits per heavy atom. The van der Waals surface area contributed by atoms with Gasteiger partial charge in [0.2, 0.25) is 5.91 Å². The molecule has 2 unspecified atom stereocenters. The number of carbonyl (C=O) groups is 2. The van der Waals surface area contributed by atoms with Crippen LogP contribution in [-0.2, 0) is 29.9 Å². The number of nitrogens with zero attached hydrogens (tertiary/aromatic N) is 1. The lowest BCUT2D eigenvalue weighted by Crippen LogP contribution is -2.74. The maximum atomic E-state index is 14.6. The maximum Gasteiger partial charge on any atom is 0.460 e.